The molecule has 0 aliphatic heterocycles. The summed E-state index contributed by atoms with van der Waals surface area (Å²) in [5, 5.41) is 1.47. The number of carbonyl (C=O) groups excluding carboxylic acids is 1. The van der Waals surface area contributed by atoms with Gasteiger partial charge in [-0.1, -0.05) is 42.5 Å². The van der Waals surface area contributed by atoms with Crippen molar-refractivity contribution in [2.75, 3.05) is 6.61 Å². The van der Waals surface area contributed by atoms with Crippen molar-refractivity contribution in [2.45, 2.75) is 19.9 Å². The van der Waals surface area contributed by atoms with E-state index in [1.807, 2.05) is 54.6 Å². The Morgan fingerprint density at radius 2 is 1.83 bits per heavy atom. The topological polar surface area (TPSA) is 64.8 Å². The third-order valence-electron chi connectivity index (χ3n) is 3.17. The maximum Gasteiger partial charge on any atom is 0.302 e. The summed E-state index contributed by atoms with van der Waals surface area (Å²) in [6.45, 7) is 2.05. The standard InChI is InChI=1S/C18H20N2O3S/c1-14(21)22-11-10-18(24)20(19)13-15-6-5-9-17(12-15)23-16-7-3-2-4-8-16/h2-9,12H,10-11,13,19H2,1H3. The number of nitrogens with two attached hydrogens (primary N) is 1. The lowest BCUT2D eigenvalue weighted by Crippen LogP contribution is -2.36. The molecule has 126 valence electrons. The van der Waals surface area contributed by atoms with Crippen molar-refractivity contribution in [1.29, 1.82) is 0 Å². The van der Waals surface area contributed by atoms with E-state index in [1.165, 1.54) is 11.9 Å². The fourth-order valence-electron chi connectivity index (χ4n) is 2.04. The molecule has 2 aromatic carbocycles. The smallest absolute Gasteiger partial charge is 0.302 e. The fraction of sp³-hybridized carbons (Fsp3) is 0.222. The van der Waals surface area contributed by atoms with Gasteiger partial charge < -0.3 is 14.5 Å². The Bertz CT molecular complexity index is 692. The second kappa shape index (κ2) is 9.00. The molecule has 0 saturated heterocycles. The molecule has 6 heteroatoms. The summed E-state index contributed by atoms with van der Waals surface area (Å²) in [5.74, 6) is 7.16. The van der Waals surface area contributed by atoms with Crippen LogP contribution in [0.2, 0.25) is 0 Å². The number of thiocarbonyl (C=S) groups is 1. The van der Waals surface area contributed by atoms with Crippen molar-refractivity contribution in [3.8, 4) is 11.5 Å². The SMILES string of the molecule is CC(=O)OCCC(=S)N(N)Cc1cccc(Oc2ccccc2)c1. The first kappa shape index (κ1) is 17.9. The van der Waals surface area contributed by atoms with Gasteiger partial charge in [0.1, 0.15) is 11.5 Å². The van der Waals surface area contributed by atoms with Crippen LogP contribution in [0.15, 0.2) is 54.6 Å². The molecular formula is C18H20N2O3S. The highest BCUT2D eigenvalue weighted by molar-refractivity contribution is 7.80. The third-order valence-corrected chi connectivity index (χ3v) is 3.61. The highest BCUT2D eigenvalue weighted by atomic mass is 32.1. The van der Waals surface area contributed by atoms with E-state index in [2.05, 4.69) is 0 Å². The molecule has 0 saturated carbocycles. The molecule has 24 heavy (non-hydrogen) atoms. The van der Waals surface area contributed by atoms with E-state index < -0.39 is 0 Å². The van der Waals surface area contributed by atoms with Gasteiger partial charge in [-0.05, 0) is 29.8 Å². The van der Waals surface area contributed by atoms with E-state index in [0.29, 0.717) is 18.0 Å². The van der Waals surface area contributed by atoms with Gasteiger partial charge in [0.05, 0.1) is 18.1 Å². The summed E-state index contributed by atoms with van der Waals surface area (Å²) >= 11 is 5.24. The van der Waals surface area contributed by atoms with Crippen LogP contribution in [0.1, 0.15) is 18.9 Å². The monoisotopic (exact) mass is 344 g/mol. The molecule has 0 aliphatic rings. The maximum atomic E-state index is 10.7. The number of para-hydroxylation sites is 1. The Balaban J connectivity index is 1.91. The summed E-state index contributed by atoms with van der Waals surface area (Å²) < 4.78 is 10.7. The van der Waals surface area contributed by atoms with Gasteiger partial charge in [0.2, 0.25) is 0 Å². The van der Waals surface area contributed by atoms with Gasteiger partial charge in [0, 0.05) is 13.3 Å². The predicted octanol–water partition coefficient (Wildman–Crippen LogP) is 3.44. The number of rotatable bonds is 7. The fourth-order valence-corrected chi connectivity index (χ4v) is 2.19. The van der Waals surface area contributed by atoms with E-state index in [-0.39, 0.29) is 12.6 Å². The minimum atomic E-state index is -0.327. The lowest BCUT2D eigenvalue weighted by Gasteiger charge is -2.19. The number of esters is 1. The van der Waals surface area contributed by atoms with Gasteiger partial charge in [0.15, 0.2) is 0 Å². The van der Waals surface area contributed by atoms with Gasteiger partial charge in [-0.15, -0.1) is 0 Å². The Labute approximate surface area is 146 Å². The molecule has 0 atom stereocenters. The molecule has 2 rings (SSSR count). The predicted molar refractivity (Wildman–Crippen MR) is 96.5 cm³/mol. The van der Waals surface area contributed by atoms with Gasteiger partial charge in [-0.2, -0.15) is 0 Å². The highest BCUT2D eigenvalue weighted by Crippen LogP contribution is 2.22. The minimum absolute atomic E-state index is 0.235. The van der Waals surface area contributed by atoms with E-state index in [0.717, 1.165) is 17.1 Å². The highest BCUT2D eigenvalue weighted by Gasteiger charge is 2.08. The number of ether oxygens (including phenoxy) is 2. The van der Waals surface area contributed by atoms with Gasteiger partial charge in [0.25, 0.3) is 0 Å². The van der Waals surface area contributed by atoms with Crippen molar-refractivity contribution in [2.24, 2.45) is 5.84 Å². The summed E-state index contributed by atoms with van der Waals surface area (Å²) in [4.78, 5) is 11.3. The van der Waals surface area contributed by atoms with Crippen molar-refractivity contribution < 1.29 is 14.3 Å². The Hall–Kier alpha value is -2.44. The van der Waals surface area contributed by atoms with Gasteiger partial charge in [-0.3, -0.25) is 4.79 Å². The number of nitrogens with zero attached hydrogens (tertiary/aromatic N) is 1. The van der Waals surface area contributed by atoms with Crippen LogP contribution in [0, 0.1) is 0 Å². The molecule has 0 amide bonds. The van der Waals surface area contributed by atoms with Crippen LogP contribution >= 0.6 is 12.2 Å². The zero-order valence-electron chi connectivity index (χ0n) is 13.5. The molecule has 0 aliphatic carbocycles. The molecule has 0 fully saturated rings. The summed E-state index contributed by atoms with van der Waals surface area (Å²) in [6, 6.07) is 17.2. The summed E-state index contributed by atoms with van der Waals surface area (Å²) in [5.41, 5.74) is 0.973. The number of benzene rings is 2. The van der Waals surface area contributed by atoms with Crippen LogP contribution in [-0.2, 0) is 16.1 Å². The first-order valence-electron chi connectivity index (χ1n) is 7.55. The zero-order valence-corrected chi connectivity index (χ0v) is 14.3. The second-order valence-electron chi connectivity index (χ2n) is 5.17. The average Bonchev–Trinajstić information content (AvgIpc) is 2.55. The van der Waals surface area contributed by atoms with E-state index in [1.54, 1.807) is 0 Å². The van der Waals surface area contributed by atoms with Crippen LogP contribution in [-0.4, -0.2) is 22.6 Å². The first-order chi connectivity index (χ1) is 11.5. The minimum Gasteiger partial charge on any atom is -0.465 e. The number of carbonyl (C=O) groups is 1. The Morgan fingerprint density at radius 3 is 2.54 bits per heavy atom. The molecule has 0 aromatic heterocycles. The molecule has 0 spiro atoms. The molecule has 0 radical (unpaired) electrons. The van der Waals surface area contributed by atoms with E-state index in [9.17, 15) is 4.79 Å². The number of hydrazine groups is 1. The Kier molecular flexibility index (Phi) is 6.72. The molecular weight excluding hydrogens is 324 g/mol. The van der Waals surface area contributed by atoms with Crippen LogP contribution in [0.5, 0.6) is 11.5 Å². The molecule has 0 unspecified atom stereocenters. The molecule has 5 nitrogen and oxygen atoms in total. The molecule has 2 aromatic rings. The third kappa shape index (κ3) is 5.98. The van der Waals surface area contributed by atoms with Crippen LogP contribution in [0.3, 0.4) is 0 Å². The number of hydrogen-bond donors (Lipinski definition) is 1. The maximum absolute atomic E-state index is 10.7. The lowest BCUT2D eigenvalue weighted by atomic mass is 10.2. The van der Waals surface area contributed by atoms with Crippen molar-refractivity contribution in [1.82, 2.24) is 5.01 Å². The van der Waals surface area contributed by atoms with Crippen molar-refractivity contribution in [3.63, 3.8) is 0 Å². The largest absolute Gasteiger partial charge is 0.465 e. The second-order valence-corrected chi connectivity index (χ2v) is 5.65. The quantitative estimate of drug-likeness (QED) is 0.359. The van der Waals surface area contributed by atoms with Gasteiger partial charge in [-0.25, -0.2) is 5.84 Å². The Morgan fingerprint density at radius 1 is 1.12 bits per heavy atom. The normalized spacial score (nSPS) is 10.1. The van der Waals surface area contributed by atoms with E-state index >= 15 is 0 Å². The van der Waals surface area contributed by atoms with Crippen molar-refractivity contribution >= 4 is 23.2 Å². The summed E-state index contributed by atoms with van der Waals surface area (Å²) in [6.07, 6.45) is 0.422. The van der Waals surface area contributed by atoms with Crippen molar-refractivity contribution in [3.05, 3.63) is 60.2 Å². The van der Waals surface area contributed by atoms with Gasteiger partial charge >= 0.3 is 5.97 Å². The molecule has 0 bridgehead atoms. The van der Waals surface area contributed by atoms with Crippen LogP contribution in [0.4, 0.5) is 0 Å². The summed E-state index contributed by atoms with van der Waals surface area (Å²) in [7, 11) is 0. The first-order valence-corrected chi connectivity index (χ1v) is 7.95. The van der Waals surface area contributed by atoms with E-state index in [4.69, 9.17) is 27.5 Å². The molecule has 2 N–H and O–H groups in total. The van der Waals surface area contributed by atoms with Crippen LogP contribution in [0.25, 0.3) is 0 Å². The van der Waals surface area contributed by atoms with Crippen LogP contribution < -0.4 is 10.6 Å². The number of hydrogen-bond acceptors (Lipinski definition) is 5. The lowest BCUT2D eigenvalue weighted by molar-refractivity contribution is -0.140. The average molecular weight is 344 g/mol. The zero-order chi connectivity index (χ0) is 17.4. The molecule has 0 heterocycles.